The first-order chi connectivity index (χ1) is 7.16. The molecule has 5 heteroatoms. The molecular weight excluding hydrogens is 296 g/mol. The zero-order valence-electron chi connectivity index (χ0n) is 8.59. The van der Waals surface area contributed by atoms with Crippen molar-refractivity contribution >= 4 is 38.9 Å². The standard InChI is InChI=1S/C10H14BrClN2S/c1-7-5-13-2-3-14(7)6-8-4-9(11)10(12)15-8/h4,7,13H,2-3,5-6H2,1H3/t7-/m1/s1. The van der Waals surface area contributed by atoms with E-state index in [4.69, 9.17) is 11.6 Å². The van der Waals surface area contributed by atoms with Gasteiger partial charge in [0.2, 0.25) is 0 Å². The molecule has 1 aliphatic heterocycles. The minimum atomic E-state index is 0.610. The summed E-state index contributed by atoms with van der Waals surface area (Å²) >= 11 is 11.1. The maximum atomic E-state index is 6.02. The van der Waals surface area contributed by atoms with Gasteiger partial charge in [0, 0.05) is 41.6 Å². The van der Waals surface area contributed by atoms with Crippen LogP contribution < -0.4 is 5.32 Å². The van der Waals surface area contributed by atoms with E-state index in [1.54, 1.807) is 11.3 Å². The van der Waals surface area contributed by atoms with E-state index in [-0.39, 0.29) is 0 Å². The fourth-order valence-electron chi connectivity index (χ4n) is 1.79. The average Bonchev–Trinajstić information content (AvgIpc) is 2.50. The molecule has 0 aliphatic carbocycles. The predicted octanol–water partition coefficient (Wildman–Crippen LogP) is 2.96. The highest BCUT2D eigenvalue weighted by molar-refractivity contribution is 9.10. The van der Waals surface area contributed by atoms with Crippen LogP contribution in [0.15, 0.2) is 10.5 Å². The molecule has 1 atom stereocenters. The Hall–Kier alpha value is 0.390. The second-order valence-electron chi connectivity index (χ2n) is 3.86. The van der Waals surface area contributed by atoms with Gasteiger partial charge >= 0.3 is 0 Å². The zero-order valence-corrected chi connectivity index (χ0v) is 11.8. The van der Waals surface area contributed by atoms with Gasteiger partial charge in [-0.05, 0) is 28.9 Å². The number of thiophene rings is 1. The number of piperazine rings is 1. The lowest BCUT2D eigenvalue weighted by atomic mass is 10.2. The van der Waals surface area contributed by atoms with Crippen LogP contribution >= 0.6 is 38.9 Å². The Balaban J connectivity index is 2.01. The summed E-state index contributed by atoms with van der Waals surface area (Å²) in [6, 6.07) is 2.74. The Kier molecular flexibility index (Phi) is 4.07. The van der Waals surface area contributed by atoms with Crippen LogP contribution in [0.25, 0.3) is 0 Å². The smallest absolute Gasteiger partial charge is 0.107 e. The molecule has 2 heterocycles. The Morgan fingerprint density at radius 2 is 2.53 bits per heavy atom. The number of rotatable bonds is 2. The minimum Gasteiger partial charge on any atom is -0.314 e. The van der Waals surface area contributed by atoms with Gasteiger partial charge in [-0.15, -0.1) is 11.3 Å². The Bertz CT molecular complexity index is 323. The SMILES string of the molecule is C[C@@H]1CNCCN1Cc1cc(Br)c(Cl)s1. The molecule has 1 N–H and O–H groups in total. The van der Waals surface area contributed by atoms with Crippen molar-refractivity contribution in [3.8, 4) is 0 Å². The third-order valence-corrected chi connectivity index (χ3v) is 5.15. The second-order valence-corrected chi connectivity index (χ2v) is 6.45. The Labute approximate surface area is 108 Å². The quantitative estimate of drug-likeness (QED) is 0.903. The molecule has 0 amide bonds. The van der Waals surface area contributed by atoms with E-state index in [1.165, 1.54) is 4.88 Å². The van der Waals surface area contributed by atoms with Gasteiger partial charge in [-0.25, -0.2) is 0 Å². The first kappa shape index (κ1) is 11.9. The van der Waals surface area contributed by atoms with Crippen LogP contribution in [-0.4, -0.2) is 30.6 Å². The van der Waals surface area contributed by atoms with Crippen molar-refractivity contribution in [1.82, 2.24) is 10.2 Å². The summed E-state index contributed by atoms with van der Waals surface area (Å²) in [6.07, 6.45) is 0. The van der Waals surface area contributed by atoms with Crippen LogP contribution in [0.5, 0.6) is 0 Å². The van der Waals surface area contributed by atoms with Crippen molar-refractivity contribution in [1.29, 1.82) is 0 Å². The van der Waals surface area contributed by atoms with Crippen LogP contribution in [0.1, 0.15) is 11.8 Å². The van der Waals surface area contributed by atoms with Crippen molar-refractivity contribution in [2.24, 2.45) is 0 Å². The topological polar surface area (TPSA) is 15.3 Å². The Morgan fingerprint density at radius 1 is 1.73 bits per heavy atom. The number of nitrogens with zero attached hydrogens (tertiary/aromatic N) is 1. The molecule has 15 heavy (non-hydrogen) atoms. The molecule has 2 nitrogen and oxygen atoms in total. The second kappa shape index (κ2) is 5.15. The zero-order chi connectivity index (χ0) is 10.8. The van der Waals surface area contributed by atoms with Gasteiger partial charge < -0.3 is 5.32 Å². The number of nitrogens with one attached hydrogen (secondary N) is 1. The van der Waals surface area contributed by atoms with Gasteiger partial charge in [0.15, 0.2) is 0 Å². The van der Waals surface area contributed by atoms with Gasteiger partial charge in [0.25, 0.3) is 0 Å². The average molecular weight is 310 g/mol. The molecule has 0 bridgehead atoms. The van der Waals surface area contributed by atoms with Crippen molar-refractivity contribution in [2.75, 3.05) is 19.6 Å². The van der Waals surface area contributed by atoms with Crippen LogP contribution in [0.2, 0.25) is 4.34 Å². The van der Waals surface area contributed by atoms with Gasteiger partial charge in [-0.3, -0.25) is 4.90 Å². The fourth-order valence-corrected chi connectivity index (χ4v) is 3.60. The van der Waals surface area contributed by atoms with E-state index in [9.17, 15) is 0 Å². The van der Waals surface area contributed by atoms with Gasteiger partial charge in [-0.2, -0.15) is 0 Å². The van der Waals surface area contributed by atoms with E-state index >= 15 is 0 Å². The minimum absolute atomic E-state index is 0.610. The third-order valence-electron chi connectivity index (χ3n) is 2.69. The van der Waals surface area contributed by atoms with E-state index < -0.39 is 0 Å². The highest BCUT2D eigenvalue weighted by atomic mass is 79.9. The molecule has 1 aromatic heterocycles. The van der Waals surface area contributed by atoms with Crippen LogP contribution in [0.3, 0.4) is 0 Å². The first-order valence-electron chi connectivity index (χ1n) is 5.05. The summed E-state index contributed by atoms with van der Waals surface area (Å²) in [4.78, 5) is 3.83. The van der Waals surface area contributed by atoms with Crippen LogP contribution in [0.4, 0.5) is 0 Å². The molecule has 2 rings (SSSR count). The molecule has 1 fully saturated rings. The summed E-state index contributed by atoms with van der Waals surface area (Å²) in [5, 5.41) is 3.39. The molecule has 0 unspecified atom stereocenters. The fraction of sp³-hybridized carbons (Fsp3) is 0.600. The lowest BCUT2D eigenvalue weighted by Crippen LogP contribution is -2.49. The van der Waals surface area contributed by atoms with Gasteiger partial charge in [-0.1, -0.05) is 11.6 Å². The van der Waals surface area contributed by atoms with Crippen molar-refractivity contribution < 1.29 is 0 Å². The molecule has 1 aromatic rings. The van der Waals surface area contributed by atoms with Crippen molar-refractivity contribution in [2.45, 2.75) is 19.5 Å². The van der Waals surface area contributed by atoms with Crippen LogP contribution in [0, 0.1) is 0 Å². The van der Waals surface area contributed by atoms with E-state index in [0.717, 1.165) is 35.0 Å². The van der Waals surface area contributed by atoms with Crippen LogP contribution in [-0.2, 0) is 6.54 Å². The van der Waals surface area contributed by atoms with Crippen molar-refractivity contribution in [3.05, 3.63) is 19.8 Å². The molecule has 84 valence electrons. The largest absolute Gasteiger partial charge is 0.314 e. The summed E-state index contributed by atoms with van der Waals surface area (Å²) in [5.41, 5.74) is 0. The van der Waals surface area contributed by atoms with Gasteiger partial charge in [0.05, 0.1) is 0 Å². The lowest BCUT2D eigenvalue weighted by Gasteiger charge is -2.33. The Morgan fingerprint density at radius 3 is 3.13 bits per heavy atom. The number of halogens is 2. The predicted molar refractivity (Wildman–Crippen MR) is 69.8 cm³/mol. The highest BCUT2D eigenvalue weighted by Gasteiger charge is 2.18. The first-order valence-corrected chi connectivity index (χ1v) is 7.04. The summed E-state index contributed by atoms with van der Waals surface area (Å²) in [7, 11) is 0. The summed E-state index contributed by atoms with van der Waals surface area (Å²) < 4.78 is 1.87. The maximum absolute atomic E-state index is 6.02. The molecule has 1 saturated heterocycles. The third kappa shape index (κ3) is 2.94. The van der Waals surface area contributed by atoms with E-state index in [0.29, 0.717) is 6.04 Å². The van der Waals surface area contributed by atoms with E-state index in [2.05, 4.69) is 39.1 Å². The normalized spacial score (nSPS) is 23.3. The van der Waals surface area contributed by atoms with E-state index in [1.807, 2.05) is 0 Å². The number of hydrogen-bond acceptors (Lipinski definition) is 3. The van der Waals surface area contributed by atoms with Gasteiger partial charge in [0.1, 0.15) is 4.34 Å². The molecule has 0 spiro atoms. The monoisotopic (exact) mass is 308 g/mol. The molecule has 0 radical (unpaired) electrons. The van der Waals surface area contributed by atoms with Crippen molar-refractivity contribution in [3.63, 3.8) is 0 Å². The lowest BCUT2D eigenvalue weighted by molar-refractivity contribution is 0.167. The number of hydrogen-bond donors (Lipinski definition) is 1. The summed E-state index contributed by atoms with van der Waals surface area (Å²) in [5.74, 6) is 0. The molecule has 0 saturated carbocycles. The summed E-state index contributed by atoms with van der Waals surface area (Å²) in [6.45, 7) is 6.56. The highest BCUT2D eigenvalue weighted by Crippen LogP contribution is 2.32. The molecule has 0 aromatic carbocycles. The molecule has 1 aliphatic rings. The maximum Gasteiger partial charge on any atom is 0.107 e. The molecular formula is C10H14BrClN2S.